The molecule has 5 nitrogen and oxygen atoms in total. The first-order valence-corrected chi connectivity index (χ1v) is 7.55. The largest absolute Gasteiger partial charge is 0.369 e. The van der Waals surface area contributed by atoms with E-state index in [1.807, 2.05) is 13.8 Å². The fraction of sp³-hybridized carbons (Fsp3) is 0.733. The molecular weight excluding hydrogens is 254 g/mol. The highest BCUT2D eigenvalue weighted by atomic mass is 16.5. The number of aromatic amines is 1. The molecule has 2 aliphatic rings. The first-order chi connectivity index (χ1) is 9.54. The zero-order valence-electron chi connectivity index (χ0n) is 12.4. The van der Waals surface area contributed by atoms with Gasteiger partial charge in [-0.15, -0.1) is 0 Å². The van der Waals surface area contributed by atoms with Crippen LogP contribution in [0.25, 0.3) is 0 Å². The average Bonchev–Trinajstić information content (AvgIpc) is 2.76. The second-order valence-electron chi connectivity index (χ2n) is 6.41. The number of rotatable bonds is 3. The second-order valence-corrected chi connectivity index (χ2v) is 6.41. The van der Waals surface area contributed by atoms with Crippen LogP contribution < -0.4 is 5.32 Å². The SMILES string of the molecule is CC1CC(CNC(=O)c2n[nH]c3c2C[C@H](C)O[C@@H]3C)C1. The summed E-state index contributed by atoms with van der Waals surface area (Å²) in [6.45, 7) is 7.05. The number of nitrogens with zero attached hydrogens (tertiary/aromatic N) is 1. The van der Waals surface area contributed by atoms with Crippen molar-refractivity contribution >= 4 is 5.91 Å². The first-order valence-electron chi connectivity index (χ1n) is 7.55. The van der Waals surface area contributed by atoms with E-state index in [1.54, 1.807) is 0 Å². The Morgan fingerprint density at radius 1 is 1.40 bits per heavy atom. The maximum absolute atomic E-state index is 12.3. The Bertz CT molecular complexity index is 505. The zero-order chi connectivity index (χ0) is 14.3. The third-order valence-electron chi connectivity index (χ3n) is 4.47. The average molecular weight is 277 g/mol. The molecule has 1 aliphatic carbocycles. The molecular formula is C15H23N3O2. The Labute approximate surface area is 119 Å². The topological polar surface area (TPSA) is 67.0 Å². The van der Waals surface area contributed by atoms with E-state index in [1.165, 1.54) is 12.8 Å². The van der Waals surface area contributed by atoms with Gasteiger partial charge in [0, 0.05) is 18.5 Å². The smallest absolute Gasteiger partial charge is 0.272 e. The fourth-order valence-electron chi connectivity index (χ4n) is 3.42. The molecule has 1 aromatic heterocycles. The van der Waals surface area contributed by atoms with Crippen molar-refractivity contribution in [1.82, 2.24) is 15.5 Å². The standard InChI is InChI=1S/C15H23N3O2/c1-8-4-11(5-8)7-16-15(19)14-12-6-9(2)20-10(3)13(12)17-18-14/h8-11H,4-7H2,1-3H3,(H,16,19)(H,17,18)/t8?,9-,10+,11?/m0/s1. The van der Waals surface area contributed by atoms with Crippen molar-refractivity contribution < 1.29 is 9.53 Å². The highest BCUT2D eigenvalue weighted by Gasteiger charge is 2.30. The van der Waals surface area contributed by atoms with Crippen LogP contribution >= 0.6 is 0 Å². The van der Waals surface area contributed by atoms with Gasteiger partial charge in [0.15, 0.2) is 5.69 Å². The van der Waals surface area contributed by atoms with Gasteiger partial charge in [0.25, 0.3) is 5.91 Å². The van der Waals surface area contributed by atoms with Gasteiger partial charge in [-0.1, -0.05) is 6.92 Å². The van der Waals surface area contributed by atoms with E-state index in [4.69, 9.17) is 4.74 Å². The van der Waals surface area contributed by atoms with E-state index in [0.29, 0.717) is 11.6 Å². The van der Waals surface area contributed by atoms with Crippen molar-refractivity contribution in [3.05, 3.63) is 17.0 Å². The van der Waals surface area contributed by atoms with Gasteiger partial charge >= 0.3 is 0 Å². The van der Waals surface area contributed by atoms with Crippen LogP contribution in [0.3, 0.4) is 0 Å². The molecule has 0 radical (unpaired) electrons. The second kappa shape index (κ2) is 5.20. The molecule has 1 aromatic rings. The molecule has 2 atom stereocenters. The number of aromatic nitrogens is 2. The molecule has 2 N–H and O–H groups in total. The van der Waals surface area contributed by atoms with E-state index in [-0.39, 0.29) is 18.1 Å². The normalized spacial score (nSPS) is 32.4. The molecule has 3 rings (SSSR count). The van der Waals surface area contributed by atoms with Crippen molar-refractivity contribution in [1.29, 1.82) is 0 Å². The Kier molecular flexibility index (Phi) is 3.54. The van der Waals surface area contributed by atoms with Gasteiger partial charge < -0.3 is 10.1 Å². The Balaban J connectivity index is 1.66. The molecule has 110 valence electrons. The summed E-state index contributed by atoms with van der Waals surface area (Å²) in [4.78, 5) is 12.3. The lowest BCUT2D eigenvalue weighted by Gasteiger charge is -2.32. The van der Waals surface area contributed by atoms with Crippen LogP contribution in [-0.4, -0.2) is 28.8 Å². The van der Waals surface area contributed by atoms with Crippen LogP contribution in [-0.2, 0) is 11.2 Å². The highest BCUT2D eigenvalue weighted by Crippen LogP contribution is 2.33. The molecule has 2 heterocycles. The maximum Gasteiger partial charge on any atom is 0.272 e. The van der Waals surface area contributed by atoms with Crippen LogP contribution in [0, 0.1) is 11.8 Å². The lowest BCUT2D eigenvalue weighted by Crippen LogP contribution is -2.36. The van der Waals surface area contributed by atoms with Crippen molar-refractivity contribution in [3.63, 3.8) is 0 Å². The number of hydrogen-bond acceptors (Lipinski definition) is 3. The highest BCUT2D eigenvalue weighted by molar-refractivity contribution is 5.94. The van der Waals surface area contributed by atoms with Crippen LogP contribution in [0.15, 0.2) is 0 Å². The summed E-state index contributed by atoms with van der Waals surface area (Å²) in [5.74, 6) is 1.40. The van der Waals surface area contributed by atoms with Gasteiger partial charge in [0.2, 0.25) is 0 Å². The summed E-state index contributed by atoms with van der Waals surface area (Å²) in [6, 6.07) is 0. The number of amides is 1. The van der Waals surface area contributed by atoms with E-state index < -0.39 is 0 Å². The monoisotopic (exact) mass is 277 g/mol. The van der Waals surface area contributed by atoms with E-state index in [0.717, 1.165) is 30.1 Å². The van der Waals surface area contributed by atoms with Gasteiger partial charge in [-0.2, -0.15) is 5.10 Å². The number of carbonyl (C=O) groups is 1. The molecule has 20 heavy (non-hydrogen) atoms. The van der Waals surface area contributed by atoms with Crippen LogP contribution in [0.5, 0.6) is 0 Å². The van der Waals surface area contributed by atoms with Gasteiger partial charge in [0.1, 0.15) is 0 Å². The third kappa shape index (κ3) is 2.46. The predicted molar refractivity (Wildman–Crippen MR) is 75.5 cm³/mol. The minimum atomic E-state index is -0.0525. The van der Waals surface area contributed by atoms with Gasteiger partial charge in [-0.25, -0.2) is 0 Å². The lowest BCUT2D eigenvalue weighted by molar-refractivity contribution is -0.00697. The van der Waals surface area contributed by atoms with Gasteiger partial charge in [-0.3, -0.25) is 9.89 Å². The Hall–Kier alpha value is -1.36. The van der Waals surface area contributed by atoms with E-state index in [9.17, 15) is 4.79 Å². The summed E-state index contributed by atoms with van der Waals surface area (Å²) in [6.07, 6.45) is 3.31. The molecule has 1 amide bonds. The van der Waals surface area contributed by atoms with Crippen molar-refractivity contribution in [2.75, 3.05) is 6.54 Å². The van der Waals surface area contributed by atoms with Gasteiger partial charge in [0.05, 0.1) is 17.9 Å². The summed E-state index contributed by atoms with van der Waals surface area (Å²) in [7, 11) is 0. The van der Waals surface area contributed by atoms with Crippen molar-refractivity contribution in [2.45, 2.75) is 52.2 Å². The van der Waals surface area contributed by atoms with E-state index >= 15 is 0 Å². The lowest BCUT2D eigenvalue weighted by atomic mass is 9.76. The summed E-state index contributed by atoms with van der Waals surface area (Å²) in [5, 5.41) is 10.2. The quantitative estimate of drug-likeness (QED) is 0.890. The third-order valence-corrected chi connectivity index (χ3v) is 4.47. The van der Waals surface area contributed by atoms with Crippen LogP contribution in [0.1, 0.15) is 61.5 Å². The van der Waals surface area contributed by atoms with Crippen LogP contribution in [0.4, 0.5) is 0 Å². The fourth-order valence-corrected chi connectivity index (χ4v) is 3.42. The minimum absolute atomic E-state index is 0.0183. The molecule has 1 fully saturated rings. The zero-order valence-corrected chi connectivity index (χ0v) is 12.4. The number of H-pyrrole nitrogens is 1. The number of hydrogen-bond donors (Lipinski definition) is 2. The molecule has 0 bridgehead atoms. The first kappa shape index (κ1) is 13.6. The molecule has 0 aromatic carbocycles. The molecule has 1 saturated carbocycles. The predicted octanol–water partition coefficient (Wildman–Crippen LogP) is 2.21. The maximum atomic E-state index is 12.3. The molecule has 0 unspecified atom stereocenters. The minimum Gasteiger partial charge on any atom is -0.369 e. The number of ether oxygens (including phenoxy) is 1. The number of fused-ring (bicyclic) bond motifs is 1. The molecule has 0 saturated heterocycles. The Morgan fingerprint density at radius 3 is 2.85 bits per heavy atom. The summed E-state index contributed by atoms with van der Waals surface area (Å²) < 4.78 is 5.74. The Morgan fingerprint density at radius 2 is 2.15 bits per heavy atom. The van der Waals surface area contributed by atoms with Crippen molar-refractivity contribution in [2.24, 2.45) is 11.8 Å². The van der Waals surface area contributed by atoms with Crippen molar-refractivity contribution in [3.8, 4) is 0 Å². The summed E-state index contributed by atoms with van der Waals surface area (Å²) >= 11 is 0. The van der Waals surface area contributed by atoms with E-state index in [2.05, 4.69) is 22.4 Å². The molecule has 5 heteroatoms. The van der Waals surface area contributed by atoms with Gasteiger partial charge in [-0.05, 0) is 38.5 Å². The molecule has 0 spiro atoms. The van der Waals surface area contributed by atoms with Crippen LogP contribution in [0.2, 0.25) is 0 Å². The number of nitrogens with one attached hydrogen (secondary N) is 2. The summed E-state index contributed by atoms with van der Waals surface area (Å²) in [5.41, 5.74) is 2.52. The molecule has 1 aliphatic heterocycles. The number of carbonyl (C=O) groups excluding carboxylic acids is 1.